The second-order valence-electron chi connectivity index (χ2n) is 3.88. The number of hydrogen-bond donors (Lipinski definition) is 2. The molecular formula is C13H14N4S. The Balaban J connectivity index is 2.22. The predicted octanol–water partition coefficient (Wildman–Crippen LogP) is 2.28. The predicted molar refractivity (Wildman–Crippen MR) is 76.4 cm³/mol. The van der Waals surface area contributed by atoms with Crippen LogP contribution in [-0.4, -0.2) is 15.0 Å². The number of nitrogens with zero attached hydrogens (tertiary/aromatic N) is 2. The number of aromatic nitrogens is 2. The van der Waals surface area contributed by atoms with Crippen molar-refractivity contribution in [1.29, 1.82) is 0 Å². The summed E-state index contributed by atoms with van der Waals surface area (Å²) < 4.78 is 0. The fourth-order valence-electron chi connectivity index (χ4n) is 1.66. The number of pyridine rings is 2. The van der Waals surface area contributed by atoms with Crippen LogP contribution in [0.2, 0.25) is 0 Å². The van der Waals surface area contributed by atoms with Crippen LogP contribution in [0.5, 0.6) is 0 Å². The van der Waals surface area contributed by atoms with E-state index in [4.69, 9.17) is 18.0 Å². The zero-order chi connectivity index (χ0) is 13.0. The van der Waals surface area contributed by atoms with Crippen LogP contribution in [0.15, 0.2) is 42.7 Å². The van der Waals surface area contributed by atoms with Gasteiger partial charge in [0, 0.05) is 12.4 Å². The quantitative estimate of drug-likeness (QED) is 0.824. The molecule has 0 aromatic carbocycles. The van der Waals surface area contributed by atoms with Crippen LogP contribution in [0.3, 0.4) is 0 Å². The van der Waals surface area contributed by atoms with Gasteiger partial charge in [-0.15, -0.1) is 0 Å². The molecule has 2 aromatic rings. The third kappa shape index (κ3) is 2.81. The molecule has 1 unspecified atom stereocenters. The van der Waals surface area contributed by atoms with Gasteiger partial charge in [-0.1, -0.05) is 18.3 Å². The Kier molecular flexibility index (Phi) is 3.84. The van der Waals surface area contributed by atoms with Crippen molar-refractivity contribution in [2.45, 2.75) is 13.0 Å². The maximum absolute atomic E-state index is 5.64. The second-order valence-corrected chi connectivity index (χ2v) is 4.32. The highest BCUT2D eigenvalue weighted by atomic mass is 32.1. The van der Waals surface area contributed by atoms with Gasteiger partial charge in [0.05, 0.1) is 17.4 Å². The van der Waals surface area contributed by atoms with Crippen LogP contribution >= 0.6 is 12.2 Å². The Bertz CT molecular complexity index is 542. The van der Waals surface area contributed by atoms with Gasteiger partial charge in [-0.2, -0.15) is 0 Å². The van der Waals surface area contributed by atoms with E-state index in [1.807, 2.05) is 37.3 Å². The smallest absolute Gasteiger partial charge is 0.124 e. The SMILES string of the molecule is CC(Nc1cccnc1C(N)=S)c1ccccn1. The van der Waals surface area contributed by atoms with Crippen LogP contribution in [0, 0.1) is 0 Å². The molecule has 0 saturated heterocycles. The first-order valence-corrected chi connectivity index (χ1v) is 6.01. The summed E-state index contributed by atoms with van der Waals surface area (Å²) in [5, 5.41) is 3.32. The van der Waals surface area contributed by atoms with E-state index in [9.17, 15) is 0 Å². The molecule has 0 fully saturated rings. The Morgan fingerprint density at radius 2 is 2.00 bits per heavy atom. The van der Waals surface area contributed by atoms with Gasteiger partial charge in [0.25, 0.3) is 0 Å². The van der Waals surface area contributed by atoms with Crippen LogP contribution in [0.4, 0.5) is 5.69 Å². The summed E-state index contributed by atoms with van der Waals surface area (Å²) in [5.41, 5.74) is 8.03. The average Bonchev–Trinajstić information content (AvgIpc) is 2.40. The van der Waals surface area contributed by atoms with Crippen LogP contribution in [0.1, 0.15) is 24.4 Å². The number of hydrogen-bond acceptors (Lipinski definition) is 4. The van der Waals surface area contributed by atoms with Gasteiger partial charge in [-0.05, 0) is 31.2 Å². The Labute approximate surface area is 111 Å². The molecule has 0 aliphatic rings. The van der Waals surface area contributed by atoms with E-state index in [1.54, 1.807) is 12.4 Å². The zero-order valence-corrected chi connectivity index (χ0v) is 10.8. The first-order valence-electron chi connectivity index (χ1n) is 5.61. The van der Waals surface area contributed by atoms with E-state index >= 15 is 0 Å². The molecule has 2 heterocycles. The van der Waals surface area contributed by atoms with Crippen molar-refractivity contribution in [3.63, 3.8) is 0 Å². The lowest BCUT2D eigenvalue weighted by atomic mass is 10.2. The minimum atomic E-state index is 0.0588. The van der Waals surface area contributed by atoms with Gasteiger partial charge in [0.1, 0.15) is 10.7 Å². The summed E-state index contributed by atoms with van der Waals surface area (Å²) in [4.78, 5) is 8.76. The first kappa shape index (κ1) is 12.4. The van der Waals surface area contributed by atoms with Crippen molar-refractivity contribution in [1.82, 2.24) is 9.97 Å². The van der Waals surface area contributed by atoms with E-state index in [1.165, 1.54) is 0 Å². The van der Waals surface area contributed by atoms with Crippen molar-refractivity contribution in [2.24, 2.45) is 5.73 Å². The van der Waals surface area contributed by atoms with Gasteiger partial charge in [0.2, 0.25) is 0 Å². The molecule has 3 N–H and O–H groups in total. The molecule has 4 nitrogen and oxygen atoms in total. The summed E-state index contributed by atoms with van der Waals surface area (Å²) in [6, 6.07) is 9.62. The lowest BCUT2D eigenvalue weighted by Crippen LogP contribution is -2.17. The van der Waals surface area contributed by atoms with Crippen LogP contribution < -0.4 is 11.1 Å². The third-order valence-corrected chi connectivity index (χ3v) is 2.74. The average molecular weight is 258 g/mol. The van der Waals surface area contributed by atoms with E-state index in [0.717, 1.165) is 11.4 Å². The molecule has 0 saturated carbocycles. The summed E-state index contributed by atoms with van der Waals surface area (Å²) in [5.74, 6) is 0. The van der Waals surface area contributed by atoms with Crippen LogP contribution in [0.25, 0.3) is 0 Å². The standard InChI is InChI=1S/C13H14N4S/c1-9(10-5-2-3-7-15-10)17-11-6-4-8-16-12(11)13(14)18/h2-9,17H,1H3,(H2,14,18). The molecule has 0 radical (unpaired) electrons. The topological polar surface area (TPSA) is 63.8 Å². The van der Waals surface area contributed by atoms with Gasteiger partial charge < -0.3 is 11.1 Å². The molecule has 2 rings (SSSR count). The summed E-state index contributed by atoms with van der Waals surface area (Å²) in [7, 11) is 0. The summed E-state index contributed by atoms with van der Waals surface area (Å²) >= 11 is 4.98. The highest BCUT2D eigenvalue weighted by molar-refractivity contribution is 7.80. The highest BCUT2D eigenvalue weighted by Crippen LogP contribution is 2.19. The molecule has 0 spiro atoms. The van der Waals surface area contributed by atoms with Gasteiger partial charge in [-0.3, -0.25) is 9.97 Å². The van der Waals surface area contributed by atoms with Gasteiger partial charge >= 0.3 is 0 Å². The Morgan fingerprint density at radius 1 is 1.22 bits per heavy atom. The van der Waals surface area contributed by atoms with E-state index in [-0.39, 0.29) is 11.0 Å². The van der Waals surface area contributed by atoms with Crippen molar-refractivity contribution in [3.05, 3.63) is 54.1 Å². The molecule has 5 heteroatoms. The van der Waals surface area contributed by atoms with Gasteiger partial charge in [0.15, 0.2) is 0 Å². The molecule has 0 bridgehead atoms. The fraction of sp³-hybridized carbons (Fsp3) is 0.154. The zero-order valence-electron chi connectivity index (χ0n) is 10.00. The van der Waals surface area contributed by atoms with E-state index in [2.05, 4.69) is 15.3 Å². The first-order chi connectivity index (χ1) is 8.68. The third-order valence-electron chi connectivity index (χ3n) is 2.54. The second kappa shape index (κ2) is 5.55. The summed E-state index contributed by atoms with van der Waals surface area (Å²) in [6.45, 7) is 2.03. The normalized spacial score (nSPS) is 11.8. The minimum Gasteiger partial charge on any atom is -0.388 e. The Hall–Kier alpha value is -2.01. The number of thiocarbonyl (C=S) groups is 1. The van der Waals surface area contributed by atoms with Gasteiger partial charge in [-0.25, -0.2) is 0 Å². The number of nitrogens with one attached hydrogen (secondary N) is 1. The molecule has 18 heavy (non-hydrogen) atoms. The fourth-order valence-corrected chi connectivity index (χ4v) is 1.82. The van der Waals surface area contributed by atoms with E-state index in [0.29, 0.717) is 5.69 Å². The molecule has 92 valence electrons. The molecule has 2 aromatic heterocycles. The van der Waals surface area contributed by atoms with E-state index < -0.39 is 0 Å². The number of anilines is 1. The van der Waals surface area contributed by atoms with Crippen molar-refractivity contribution in [2.75, 3.05) is 5.32 Å². The number of rotatable bonds is 4. The molecule has 0 aliphatic carbocycles. The molecule has 1 atom stereocenters. The summed E-state index contributed by atoms with van der Waals surface area (Å²) in [6.07, 6.45) is 3.44. The number of nitrogens with two attached hydrogens (primary N) is 1. The molecule has 0 amide bonds. The maximum Gasteiger partial charge on any atom is 0.124 e. The largest absolute Gasteiger partial charge is 0.388 e. The monoisotopic (exact) mass is 258 g/mol. The maximum atomic E-state index is 5.64. The molecule has 0 aliphatic heterocycles. The van der Waals surface area contributed by atoms with Crippen LogP contribution in [-0.2, 0) is 0 Å². The van der Waals surface area contributed by atoms with Crippen molar-refractivity contribution < 1.29 is 0 Å². The lowest BCUT2D eigenvalue weighted by molar-refractivity contribution is 0.837. The Morgan fingerprint density at radius 3 is 2.67 bits per heavy atom. The molecular weight excluding hydrogens is 244 g/mol. The van der Waals surface area contributed by atoms with Crippen molar-refractivity contribution >= 4 is 22.9 Å². The lowest BCUT2D eigenvalue weighted by Gasteiger charge is -2.16. The van der Waals surface area contributed by atoms with Crippen molar-refractivity contribution in [3.8, 4) is 0 Å². The minimum absolute atomic E-state index is 0.0588. The highest BCUT2D eigenvalue weighted by Gasteiger charge is 2.10.